The topological polar surface area (TPSA) is 12.4 Å². The standard InChI is InChI=1S/C11H21N/c1-8(2)6-11(5,9(3)4)10-7-12-10/h7-10H,6H2,1-5H3. The minimum Gasteiger partial charge on any atom is -0.286 e. The minimum atomic E-state index is 0.411. The van der Waals surface area contributed by atoms with Crippen molar-refractivity contribution in [1.82, 2.24) is 0 Å². The van der Waals surface area contributed by atoms with Crippen LogP contribution >= 0.6 is 0 Å². The molecule has 0 saturated heterocycles. The molecule has 0 radical (unpaired) electrons. The van der Waals surface area contributed by atoms with Gasteiger partial charge in [-0.05, 0) is 23.7 Å². The van der Waals surface area contributed by atoms with Crippen LogP contribution in [-0.2, 0) is 0 Å². The van der Waals surface area contributed by atoms with Crippen molar-refractivity contribution in [3.05, 3.63) is 0 Å². The zero-order chi connectivity index (χ0) is 9.35. The molecule has 2 unspecified atom stereocenters. The minimum absolute atomic E-state index is 0.411. The molecule has 0 saturated carbocycles. The van der Waals surface area contributed by atoms with Crippen LogP contribution in [-0.4, -0.2) is 12.3 Å². The molecule has 1 aliphatic heterocycles. The Labute approximate surface area is 76.3 Å². The van der Waals surface area contributed by atoms with Crippen LogP contribution in [0.1, 0.15) is 41.0 Å². The quantitative estimate of drug-likeness (QED) is 0.610. The lowest BCUT2D eigenvalue weighted by Crippen LogP contribution is -2.32. The van der Waals surface area contributed by atoms with Gasteiger partial charge in [0.1, 0.15) is 0 Å². The predicted molar refractivity (Wildman–Crippen MR) is 54.7 cm³/mol. The maximum absolute atomic E-state index is 4.32. The molecule has 0 N–H and O–H groups in total. The lowest BCUT2D eigenvalue weighted by Gasteiger charge is -2.34. The van der Waals surface area contributed by atoms with Gasteiger partial charge in [-0.2, -0.15) is 0 Å². The number of hydrogen-bond acceptors (Lipinski definition) is 1. The fraction of sp³-hybridized carbons (Fsp3) is 0.909. The van der Waals surface area contributed by atoms with Crippen LogP contribution in [0.5, 0.6) is 0 Å². The maximum Gasteiger partial charge on any atom is 0.0899 e. The lowest BCUT2D eigenvalue weighted by atomic mass is 9.70. The summed E-state index contributed by atoms with van der Waals surface area (Å²) >= 11 is 0. The Hall–Kier alpha value is -0.330. The summed E-state index contributed by atoms with van der Waals surface area (Å²) in [6.07, 6.45) is 3.39. The van der Waals surface area contributed by atoms with E-state index in [-0.39, 0.29) is 0 Å². The number of rotatable bonds is 4. The summed E-state index contributed by atoms with van der Waals surface area (Å²) in [5.41, 5.74) is 0.411. The largest absolute Gasteiger partial charge is 0.286 e. The third kappa shape index (κ3) is 1.88. The Balaban J connectivity index is 2.58. The molecule has 70 valence electrons. The Morgan fingerprint density at radius 1 is 1.33 bits per heavy atom. The molecule has 2 atom stereocenters. The molecule has 12 heavy (non-hydrogen) atoms. The molecule has 0 aliphatic carbocycles. The van der Waals surface area contributed by atoms with Crippen LogP contribution in [0.3, 0.4) is 0 Å². The van der Waals surface area contributed by atoms with E-state index in [1.807, 2.05) is 0 Å². The highest BCUT2D eigenvalue weighted by atomic mass is 14.9. The van der Waals surface area contributed by atoms with E-state index < -0.39 is 0 Å². The van der Waals surface area contributed by atoms with E-state index in [4.69, 9.17) is 0 Å². The summed E-state index contributed by atoms with van der Waals surface area (Å²) in [7, 11) is 0. The molecule has 1 heterocycles. The van der Waals surface area contributed by atoms with Crippen molar-refractivity contribution in [1.29, 1.82) is 0 Å². The van der Waals surface area contributed by atoms with Gasteiger partial charge in [-0.15, -0.1) is 0 Å². The first-order chi connectivity index (χ1) is 5.47. The third-order valence-electron chi connectivity index (χ3n) is 3.14. The van der Waals surface area contributed by atoms with Crippen LogP contribution in [0, 0.1) is 17.3 Å². The molecule has 0 aromatic heterocycles. The molecule has 1 nitrogen and oxygen atoms in total. The van der Waals surface area contributed by atoms with Gasteiger partial charge in [0.25, 0.3) is 0 Å². The molecular weight excluding hydrogens is 146 g/mol. The van der Waals surface area contributed by atoms with E-state index in [9.17, 15) is 0 Å². The van der Waals surface area contributed by atoms with Crippen molar-refractivity contribution in [2.75, 3.05) is 0 Å². The van der Waals surface area contributed by atoms with Gasteiger partial charge >= 0.3 is 0 Å². The number of hydrogen-bond donors (Lipinski definition) is 0. The van der Waals surface area contributed by atoms with Crippen LogP contribution in [0.2, 0.25) is 0 Å². The highest BCUT2D eigenvalue weighted by Gasteiger charge is 2.40. The first-order valence-electron chi connectivity index (χ1n) is 5.00. The Bertz CT molecular complexity index is 171. The Morgan fingerprint density at radius 2 is 1.83 bits per heavy atom. The van der Waals surface area contributed by atoms with Gasteiger partial charge in [-0.25, -0.2) is 0 Å². The van der Waals surface area contributed by atoms with Gasteiger partial charge < -0.3 is 0 Å². The molecule has 1 aliphatic rings. The first kappa shape index (κ1) is 9.76. The van der Waals surface area contributed by atoms with Crippen molar-refractivity contribution in [2.24, 2.45) is 22.2 Å². The highest BCUT2D eigenvalue weighted by molar-refractivity contribution is 5.79. The van der Waals surface area contributed by atoms with Crippen molar-refractivity contribution < 1.29 is 0 Å². The van der Waals surface area contributed by atoms with E-state index >= 15 is 0 Å². The Morgan fingerprint density at radius 3 is 2.08 bits per heavy atom. The van der Waals surface area contributed by atoms with E-state index in [2.05, 4.69) is 45.8 Å². The Kier molecular flexibility index (Phi) is 2.60. The second-order valence-electron chi connectivity index (χ2n) is 5.00. The van der Waals surface area contributed by atoms with Crippen LogP contribution in [0.25, 0.3) is 0 Å². The van der Waals surface area contributed by atoms with E-state index in [0.29, 0.717) is 11.5 Å². The summed E-state index contributed by atoms with van der Waals surface area (Å²) in [6.45, 7) is 11.6. The fourth-order valence-corrected chi connectivity index (χ4v) is 1.96. The average Bonchev–Trinajstić information content (AvgIpc) is 2.65. The van der Waals surface area contributed by atoms with Gasteiger partial charge in [0, 0.05) is 6.21 Å². The normalized spacial score (nSPS) is 26.4. The second kappa shape index (κ2) is 3.20. The second-order valence-corrected chi connectivity index (χ2v) is 5.00. The van der Waals surface area contributed by atoms with E-state index in [0.717, 1.165) is 11.8 Å². The predicted octanol–water partition coefficient (Wildman–Crippen LogP) is 3.15. The monoisotopic (exact) mass is 167 g/mol. The third-order valence-corrected chi connectivity index (χ3v) is 3.14. The van der Waals surface area contributed by atoms with Crippen molar-refractivity contribution in [3.63, 3.8) is 0 Å². The number of aliphatic imine (C=N–C) groups is 1. The molecular formula is C11H21N. The summed E-state index contributed by atoms with van der Waals surface area (Å²) in [5, 5.41) is 0. The van der Waals surface area contributed by atoms with Gasteiger partial charge in [0.2, 0.25) is 0 Å². The smallest absolute Gasteiger partial charge is 0.0899 e. The lowest BCUT2D eigenvalue weighted by molar-refractivity contribution is 0.175. The molecule has 0 bridgehead atoms. The van der Waals surface area contributed by atoms with Crippen LogP contribution in [0.4, 0.5) is 0 Å². The first-order valence-corrected chi connectivity index (χ1v) is 5.00. The number of nitrogens with zero attached hydrogens (tertiary/aromatic N) is 1. The summed E-state index contributed by atoms with van der Waals surface area (Å²) < 4.78 is 0. The van der Waals surface area contributed by atoms with Crippen molar-refractivity contribution in [2.45, 2.75) is 47.1 Å². The van der Waals surface area contributed by atoms with Gasteiger partial charge in [-0.3, -0.25) is 4.99 Å². The molecule has 0 fully saturated rings. The van der Waals surface area contributed by atoms with Crippen LogP contribution < -0.4 is 0 Å². The maximum atomic E-state index is 4.32. The molecule has 1 rings (SSSR count). The van der Waals surface area contributed by atoms with Crippen LogP contribution in [0.15, 0.2) is 4.99 Å². The molecule has 0 spiro atoms. The summed E-state index contributed by atoms with van der Waals surface area (Å²) in [6, 6.07) is 0.542. The molecule has 1 heteroatoms. The average molecular weight is 167 g/mol. The van der Waals surface area contributed by atoms with E-state index in [1.165, 1.54) is 6.42 Å². The van der Waals surface area contributed by atoms with Gasteiger partial charge in [0.05, 0.1) is 6.04 Å². The zero-order valence-corrected chi connectivity index (χ0v) is 8.96. The molecule has 0 aromatic rings. The zero-order valence-electron chi connectivity index (χ0n) is 8.96. The van der Waals surface area contributed by atoms with Gasteiger partial charge in [-0.1, -0.05) is 34.6 Å². The molecule has 0 amide bonds. The molecule has 0 aromatic carbocycles. The fourth-order valence-electron chi connectivity index (χ4n) is 1.96. The van der Waals surface area contributed by atoms with E-state index in [1.54, 1.807) is 0 Å². The summed E-state index contributed by atoms with van der Waals surface area (Å²) in [4.78, 5) is 4.32. The summed E-state index contributed by atoms with van der Waals surface area (Å²) in [5.74, 6) is 1.51. The van der Waals surface area contributed by atoms with Gasteiger partial charge in [0.15, 0.2) is 0 Å². The van der Waals surface area contributed by atoms with Crippen molar-refractivity contribution in [3.8, 4) is 0 Å². The highest BCUT2D eigenvalue weighted by Crippen LogP contribution is 2.41. The SMILES string of the molecule is CC(C)CC(C)(C(C)C)C1C=N1. The van der Waals surface area contributed by atoms with Crippen molar-refractivity contribution >= 4 is 6.21 Å².